The highest BCUT2D eigenvalue weighted by Crippen LogP contribution is 2.68. The number of imide groups is 1. The Morgan fingerprint density at radius 1 is 1.10 bits per heavy atom. The third-order valence-electron chi connectivity index (χ3n) is 9.45. The van der Waals surface area contributed by atoms with Crippen LogP contribution in [0.1, 0.15) is 42.2 Å². The number of carboxylic acid groups (broad SMARTS) is 1. The lowest BCUT2D eigenvalue weighted by Crippen LogP contribution is -2.49. The quantitative estimate of drug-likeness (QED) is 0.345. The van der Waals surface area contributed by atoms with Gasteiger partial charge in [0.05, 0.1) is 16.9 Å². The van der Waals surface area contributed by atoms with Gasteiger partial charge in [0.1, 0.15) is 18.4 Å². The van der Waals surface area contributed by atoms with Crippen molar-refractivity contribution in [3.8, 4) is 5.75 Å². The van der Waals surface area contributed by atoms with Crippen LogP contribution in [0.15, 0.2) is 58.4 Å². The van der Waals surface area contributed by atoms with E-state index in [1.807, 2.05) is 48.5 Å². The molecule has 2 aromatic carbocycles. The molecule has 2 aliphatic heterocycles. The maximum Gasteiger partial charge on any atom is 0.327 e. The second-order valence-corrected chi connectivity index (χ2v) is 14.7. The molecular formula is C31H29ClN2O6S2. The Labute approximate surface area is 255 Å². The summed E-state index contributed by atoms with van der Waals surface area (Å²) in [6.07, 6.45) is 0.749. The summed E-state index contributed by atoms with van der Waals surface area (Å²) in [5.41, 5.74) is 1.99. The number of carbonyl (C=O) groups is 3. The van der Waals surface area contributed by atoms with Crippen LogP contribution in [-0.2, 0) is 21.0 Å². The van der Waals surface area contributed by atoms with Gasteiger partial charge in [-0.25, -0.2) is 4.79 Å². The summed E-state index contributed by atoms with van der Waals surface area (Å²) in [7, 11) is 0. The minimum absolute atomic E-state index is 0.0387. The topological polar surface area (TPSA) is 117 Å². The first-order valence-electron chi connectivity index (χ1n) is 14.1. The Morgan fingerprint density at radius 3 is 2.48 bits per heavy atom. The van der Waals surface area contributed by atoms with Crippen molar-refractivity contribution in [1.29, 1.82) is 0 Å². The predicted octanol–water partition coefficient (Wildman–Crippen LogP) is 5.25. The Morgan fingerprint density at radius 2 is 1.81 bits per heavy atom. The normalized spacial score (nSPS) is 29.9. The molecule has 218 valence electrons. The van der Waals surface area contributed by atoms with Crippen LogP contribution in [0.3, 0.4) is 0 Å². The van der Waals surface area contributed by atoms with E-state index in [1.165, 1.54) is 11.3 Å². The summed E-state index contributed by atoms with van der Waals surface area (Å²) in [4.78, 5) is 57.1. The fraction of sp³-hybridized carbons (Fsp3) is 0.419. The smallest absolute Gasteiger partial charge is 0.327 e. The molecule has 4 aliphatic rings. The number of rotatable bonds is 7. The zero-order valence-electron chi connectivity index (χ0n) is 22.9. The van der Waals surface area contributed by atoms with Crippen molar-refractivity contribution in [2.24, 2.45) is 35.5 Å². The number of halogens is 1. The van der Waals surface area contributed by atoms with Crippen LogP contribution in [0.4, 0.5) is 0 Å². The Balaban J connectivity index is 1.21. The van der Waals surface area contributed by atoms with Gasteiger partial charge >= 0.3 is 10.8 Å². The number of hydrogen-bond acceptors (Lipinski definition) is 7. The largest absolute Gasteiger partial charge is 0.489 e. The highest BCUT2D eigenvalue weighted by molar-refractivity contribution is 8.00. The molecule has 7 rings (SSSR count). The van der Waals surface area contributed by atoms with E-state index in [-0.39, 0.29) is 45.6 Å². The Kier molecular flexibility index (Phi) is 6.79. The van der Waals surface area contributed by atoms with E-state index in [9.17, 15) is 24.3 Å². The number of nitrogens with one attached hydrogen (secondary N) is 1. The first kappa shape index (κ1) is 27.7. The van der Waals surface area contributed by atoms with Crippen LogP contribution < -0.4 is 9.61 Å². The first-order valence-corrected chi connectivity index (χ1v) is 16.2. The number of ether oxygens (including phenoxy) is 1. The lowest BCUT2D eigenvalue weighted by molar-refractivity contribution is -0.157. The summed E-state index contributed by atoms with van der Waals surface area (Å²) in [5, 5.41) is 11.4. The molecule has 3 heterocycles. The molecule has 42 heavy (non-hydrogen) atoms. The molecule has 1 aromatic heterocycles. The number of fused-ring (bicyclic) bond motifs is 9. The van der Waals surface area contributed by atoms with Crippen LogP contribution in [0, 0.1) is 35.5 Å². The third-order valence-corrected chi connectivity index (χ3v) is 12.3. The van der Waals surface area contributed by atoms with Gasteiger partial charge in [0.2, 0.25) is 11.8 Å². The molecule has 8 atom stereocenters. The molecular weight excluding hydrogens is 596 g/mol. The van der Waals surface area contributed by atoms with Gasteiger partial charge < -0.3 is 14.8 Å². The average molecular weight is 625 g/mol. The minimum atomic E-state index is -1.17. The second kappa shape index (κ2) is 10.3. The summed E-state index contributed by atoms with van der Waals surface area (Å²) in [5.74, 6) is -2.78. The molecule has 1 saturated heterocycles. The number of carboxylic acids is 1. The van der Waals surface area contributed by atoms with Gasteiger partial charge in [0.25, 0.3) is 0 Å². The summed E-state index contributed by atoms with van der Waals surface area (Å²) in [6.45, 7) is 3.83. The van der Waals surface area contributed by atoms with Crippen molar-refractivity contribution in [3.63, 3.8) is 0 Å². The fourth-order valence-corrected chi connectivity index (χ4v) is 11.0. The van der Waals surface area contributed by atoms with Gasteiger partial charge in [-0.2, -0.15) is 0 Å². The van der Waals surface area contributed by atoms with Gasteiger partial charge in [-0.1, -0.05) is 61.1 Å². The standard InChI is InChI=1S/C31H29ClN2O6S2/c1-13(2)24(30(37)38)34-28(35)22-18-11-19(23(22)29(34)36)25-21(18)20(26-27(41-25)33-31(39)42-26)15-6-8-17(9-7-15)40-12-14-4-3-5-16(32)10-14/h3-10,13,18-25H,11-12H2,1-2H3,(H,33,39)(H,37,38)/t18?,19?,20-,21?,22?,23?,24?,25?/m1/s1. The Hall–Kier alpha value is -3.08. The molecule has 2 bridgehead atoms. The average Bonchev–Trinajstić information content (AvgIpc) is 3.68. The number of aromatic amines is 1. The van der Waals surface area contributed by atoms with E-state index in [0.717, 1.165) is 32.4 Å². The van der Waals surface area contributed by atoms with Gasteiger partial charge in [-0.05, 0) is 65.5 Å². The molecule has 11 heteroatoms. The van der Waals surface area contributed by atoms with Gasteiger partial charge in [-0.3, -0.25) is 19.3 Å². The molecule has 2 N–H and O–H groups in total. The third kappa shape index (κ3) is 4.25. The SMILES string of the molecule is CC(C)C(C(=O)O)N1C(=O)C2C3CC(C2C1=O)C1C3Sc2[nH]c(=O)sc2[C@@H]1c1ccc(OCc2cccc(Cl)c2)cc1. The number of hydrogen-bond donors (Lipinski definition) is 2. The van der Waals surface area contributed by atoms with Crippen LogP contribution >= 0.6 is 34.7 Å². The van der Waals surface area contributed by atoms with E-state index < -0.39 is 29.8 Å². The van der Waals surface area contributed by atoms with Crippen molar-refractivity contribution in [3.05, 3.63) is 79.2 Å². The number of H-pyrrole nitrogens is 1. The molecule has 7 unspecified atom stereocenters. The molecule has 0 spiro atoms. The maximum atomic E-state index is 13.8. The van der Waals surface area contributed by atoms with Gasteiger partial charge in [0, 0.05) is 21.1 Å². The Bertz CT molecular complexity index is 1650. The number of amides is 2. The number of thioether (sulfide) groups is 1. The number of benzene rings is 2. The van der Waals surface area contributed by atoms with Crippen molar-refractivity contribution in [2.45, 2.75) is 49.1 Å². The van der Waals surface area contributed by atoms with E-state index in [0.29, 0.717) is 17.4 Å². The highest BCUT2D eigenvalue weighted by Gasteiger charge is 2.70. The number of aliphatic carboxylic acids is 1. The van der Waals surface area contributed by atoms with Crippen LogP contribution in [0.5, 0.6) is 5.75 Å². The summed E-state index contributed by atoms with van der Waals surface area (Å²) in [6, 6.07) is 14.2. The lowest BCUT2D eigenvalue weighted by atomic mass is 9.68. The number of likely N-dealkylation sites (tertiary alicyclic amines) is 1. The van der Waals surface area contributed by atoms with Crippen molar-refractivity contribution in [1.82, 2.24) is 9.88 Å². The van der Waals surface area contributed by atoms with Crippen LogP contribution in [0.2, 0.25) is 5.02 Å². The maximum absolute atomic E-state index is 13.8. The van der Waals surface area contributed by atoms with Crippen LogP contribution in [-0.4, -0.2) is 44.1 Å². The molecule has 3 aromatic rings. The zero-order valence-corrected chi connectivity index (χ0v) is 25.2. The van der Waals surface area contributed by atoms with Crippen LogP contribution in [0.25, 0.3) is 0 Å². The molecule has 2 amide bonds. The molecule has 8 nitrogen and oxygen atoms in total. The van der Waals surface area contributed by atoms with Gasteiger partial charge in [-0.15, -0.1) is 11.8 Å². The summed E-state index contributed by atoms with van der Waals surface area (Å²) < 4.78 is 6.00. The van der Waals surface area contributed by atoms with Crippen molar-refractivity contribution < 1.29 is 24.2 Å². The van der Waals surface area contributed by atoms with Crippen molar-refractivity contribution >= 4 is 52.5 Å². The molecule has 2 saturated carbocycles. The highest BCUT2D eigenvalue weighted by atomic mass is 35.5. The van der Waals surface area contributed by atoms with E-state index in [1.54, 1.807) is 25.6 Å². The van der Waals surface area contributed by atoms with E-state index >= 15 is 0 Å². The predicted molar refractivity (Wildman–Crippen MR) is 159 cm³/mol. The molecule has 2 aliphatic carbocycles. The molecule has 0 radical (unpaired) electrons. The van der Waals surface area contributed by atoms with E-state index in [4.69, 9.17) is 16.3 Å². The monoisotopic (exact) mass is 624 g/mol. The number of thiazole rings is 1. The second-order valence-electron chi connectivity index (χ2n) is 12.0. The summed E-state index contributed by atoms with van der Waals surface area (Å²) >= 11 is 8.92. The first-order chi connectivity index (χ1) is 20.1. The fourth-order valence-electron chi connectivity index (χ4n) is 7.95. The van der Waals surface area contributed by atoms with Gasteiger partial charge in [0.15, 0.2) is 0 Å². The minimum Gasteiger partial charge on any atom is -0.489 e. The number of carbonyl (C=O) groups excluding carboxylic acids is 2. The lowest BCUT2D eigenvalue weighted by Gasteiger charge is -2.43. The number of nitrogens with zero attached hydrogens (tertiary/aromatic N) is 1. The number of aromatic nitrogens is 1. The molecule has 3 fully saturated rings. The van der Waals surface area contributed by atoms with E-state index in [2.05, 4.69) is 4.98 Å². The van der Waals surface area contributed by atoms with Crippen molar-refractivity contribution in [2.75, 3.05) is 0 Å². The zero-order chi connectivity index (χ0) is 29.4.